The van der Waals surface area contributed by atoms with Crippen molar-refractivity contribution in [2.45, 2.75) is 25.7 Å². The summed E-state index contributed by atoms with van der Waals surface area (Å²) in [6, 6.07) is 17.4. The second-order valence-corrected chi connectivity index (χ2v) is 10.6. The molecule has 180 valence electrons. The normalized spacial score (nSPS) is 11.2. The number of aromatic nitrogens is 2. The van der Waals surface area contributed by atoms with Crippen molar-refractivity contribution in [3.05, 3.63) is 82.9 Å². The van der Waals surface area contributed by atoms with Crippen molar-refractivity contribution < 1.29 is 17.9 Å². The minimum Gasteiger partial charge on any atom is -0.497 e. The number of amides is 1. The first-order valence-electron chi connectivity index (χ1n) is 10.7. The topological polar surface area (TPSA) is 110 Å². The monoisotopic (exact) mass is 508 g/mol. The molecule has 4 rings (SSSR count). The Bertz CT molecular complexity index is 1500. The lowest BCUT2D eigenvalue weighted by molar-refractivity contribution is 0.102. The Morgan fingerprint density at radius 2 is 1.63 bits per heavy atom. The molecule has 8 nitrogen and oxygen atoms in total. The van der Waals surface area contributed by atoms with Crippen LogP contribution in [-0.4, -0.2) is 31.6 Å². The number of hydrogen-bond donors (Lipinski definition) is 2. The number of methoxy groups -OCH3 is 1. The van der Waals surface area contributed by atoms with E-state index in [-0.39, 0.29) is 10.5 Å². The van der Waals surface area contributed by atoms with E-state index in [0.717, 1.165) is 22.4 Å². The number of carbonyl (C=O) groups excluding carboxylic acids is 1. The van der Waals surface area contributed by atoms with Crippen LogP contribution >= 0.6 is 11.3 Å². The van der Waals surface area contributed by atoms with Gasteiger partial charge >= 0.3 is 0 Å². The number of ether oxygens (including phenoxy) is 1. The molecule has 0 saturated carbocycles. The third-order valence-electron chi connectivity index (χ3n) is 5.36. The second kappa shape index (κ2) is 9.85. The van der Waals surface area contributed by atoms with E-state index in [9.17, 15) is 13.2 Å². The summed E-state index contributed by atoms with van der Waals surface area (Å²) in [6.07, 6.45) is 0. The van der Waals surface area contributed by atoms with Crippen LogP contribution in [0.4, 0.5) is 10.8 Å². The van der Waals surface area contributed by atoms with E-state index in [1.54, 1.807) is 32.2 Å². The molecule has 0 saturated heterocycles. The molecule has 0 aliphatic carbocycles. The number of nitrogens with zero attached hydrogens (tertiary/aromatic N) is 2. The number of aryl methyl sites for hydroxylation is 3. The Balaban J connectivity index is 1.55. The summed E-state index contributed by atoms with van der Waals surface area (Å²) in [5.74, 6) is 0.245. The molecule has 1 aromatic heterocycles. The number of rotatable bonds is 7. The number of anilines is 2. The molecule has 0 spiro atoms. The van der Waals surface area contributed by atoms with Crippen LogP contribution in [0.5, 0.6) is 5.75 Å². The standard InChI is InChI=1S/C25H24N4O4S2/c1-15-5-6-16(2)21(13-15)29-35(31,32)22-14-19(8-7-17(22)3)23(30)26-25-28-27-24(34-25)18-9-11-20(33-4)12-10-18/h5-14,29H,1-4H3,(H,26,28,30). The molecule has 4 aromatic rings. The first kappa shape index (κ1) is 24.4. The van der Waals surface area contributed by atoms with Crippen molar-refractivity contribution in [3.63, 3.8) is 0 Å². The van der Waals surface area contributed by atoms with Gasteiger partial charge in [0.25, 0.3) is 15.9 Å². The largest absolute Gasteiger partial charge is 0.497 e. The fourth-order valence-electron chi connectivity index (χ4n) is 3.37. The molecule has 0 unspecified atom stereocenters. The molecule has 1 heterocycles. The summed E-state index contributed by atoms with van der Waals surface area (Å²) in [6.45, 7) is 5.41. The van der Waals surface area contributed by atoms with Crippen molar-refractivity contribution in [2.75, 3.05) is 17.1 Å². The minimum absolute atomic E-state index is 0.0299. The lowest BCUT2D eigenvalue weighted by Crippen LogP contribution is -2.17. The average Bonchev–Trinajstić information content (AvgIpc) is 3.30. The first-order chi connectivity index (χ1) is 16.7. The van der Waals surface area contributed by atoms with Crippen molar-refractivity contribution >= 4 is 38.1 Å². The van der Waals surface area contributed by atoms with Crippen LogP contribution < -0.4 is 14.8 Å². The van der Waals surface area contributed by atoms with Crippen LogP contribution in [0.2, 0.25) is 0 Å². The van der Waals surface area contributed by atoms with Crippen LogP contribution in [0, 0.1) is 20.8 Å². The third-order valence-corrected chi connectivity index (χ3v) is 7.75. The Morgan fingerprint density at radius 3 is 2.34 bits per heavy atom. The molecule has 0 bridgehead atoms. The first-order valence-corrected chi connectivity index (χ1v) is 13.0. The summed E-state index contributed by atoms with van der Waals surface area (Å²) in [7, 11) is -2.32. The summed E-state index contributed by atoms with van der Waals surface area (Å²) in [5, 5.41) is 11.8. The summed E-state index contributed by atoms with van der Waals surface area (Å²) >= 11 is 1.21. The van der Waals surface area contributed by atoms with Crippen molar-refractivity contribution in [1.82, 2.24) is 10.2 Å². The predicted molar refractivity (Wildman–Crippen MR) is 138 cm³/mol. The summed E-state index contributed by atoms with van der Waals surface area (Å²) in [4.78, 5) is 12.9. The highest BCUT2D eigenvalue weighted by molar-refractivity contribution is 7.92. The van der Waals surface area contributed by atoms with Gasteiger partial charge in [-0.3, -0.25) is 14.8 Å². The Hall–Kier alpha value is -3.76. The lowest BCUT2D eigenvalue weighted by Gasteiger charge is -2.14. The number of benzene rings is 3. The van der Waals surface area contributed by atoms with E-state index < -0.39 is 15.9 Å². The highest BCUT2D eigenvalue weighted by Gasteiger charge is 2.21. The van der Waals surface area contributed by atoms with Gasteiger partial charge in [-0.1, -0.05) is 29.5 Å². The van der Waals surface area contributed by atoms with Gasteiger partial charge in [-0.25, -0.2) is 8.42 Å². The summed E-state index contributed by atoms with van der Waals surface area (Å²) < 4.78 is 34.1. The van der Waals surface area contributed by atoms with Crippen LogP contribution in [0.1, 0.15) is 27.0 Å². The maximum absolute atomic E-state index is 13.2. The summed E-state index contributed by atoms with van der Waals surface area (Å²) in [5.41, 5.74) is 3.79. The lowest BCUT2D eigenvalue weighted by atomic mass is 10.1. The van der Waals surface area contributed by atoms with Gasteiger partial charge in [0.05, 0.1) is 17.7 Å². The van der Waals surface area contributed by atoms with Crippen LogP contribution in [0.3, 0.4) is 0 Å². The number of hydrogen-bond acceptors (Lipinski definition) is 7. The van der Waals surface area contributed by atoms with Gasteiger partial charge in [0, 0.05) is 11.1 Å². The van der Waals surface area contributed by atoms with E-state index in [4.69, 9.17) is 4.74 Å². The van der Waals surface area contributed by atoms with Gasteiger partial charge in [0.15, 0.2) is 0 Å². The Labute approximate surface area is 208 Å². The molecule has 0 atom stereocenters. The maximum Gasteiger partial charge on any atom is 0.262 e. The number of sulfonamides is 1. The molecule has 0 aliphatic heterocycles. The molecular weight excluding hydrogens is 484 g/mol. The van der Waals surface area contributed by atoms with Gasteiger partial charge < -0.3 is 4.74 Å². The maximum atomic E-state index is 13.2. The van der Waals surface area contributed by atoms with Crippen LogP contribution in [0.25, 0.3) is 10.6 Å². The highest BCUT2D eigenvalue weighted by atomic mass is 32.2. The molecule has 0 fully saturated rings. The fourth-order valence-corrected chi connectivity index (χ4v) is 5.51. The van der Waals surface area contributed by atoms with E-state index in [0.29, 0.717) is 21.4 Å². The van der Waals surface area contributed by atoms with Gasteiger partial charge in [0.1, 0.15) is 10.8 Å². The molecule has 0 radical (unpaired) electrons. The van der Waals surface area contributed by atoms with Crippen molar-refractivity contribution in [1.29, 1.82) is 0 Å². The zero-order chi connectivity index (χ0) is 25.2. The molecule has 2 N–H and O–H groups in total. The highest BCUT2D eigenvalue weighted by Crippen LogP contribution is 2.29. The smallest absolute Gasteiger partial charge is 0.262 e. The van der Waals surface area contributed by atoms with E-state index in [2.05, 4.69) is 20.2 Å². The average molecular weight is 509 g/mol. The van der Waals surface area contributed by atoms with Crippen molar-refractivity contribution in [2.24, 2.45) is 0 Å². The van der Waals surface area contributed by atoms with Gasteiger partial charge in [-0.2, -0.15) is 0 Å². The minimum atomic E-state index is -3.92. The van der Waals surface area contributed by atoms with E-state index >= 15 is 0 Å². The zero-order valence-corrected chi connectivity index (χ0v) is 21.3. The third kappa shape index (κ3) is 5.50. The van der Waals surface area contributed by atoms with Gasteiger partial charge in [-0.05, 0) is 79.9 Å². The quantitative estimate of drug-likeness (QED) is 0.355. The Kier molecular flexibility index (Phi) is 6.86. The Morgan fingerprint density at radius 1 is 0.914 bits per heavy atom. The fraction of sp³-hybridized carbons (Fsp3) is 0.160. The van der Waals surface area contributed by atoms with Gasteiger partial charge in [-0.15, -0.1) is 10.2 Å². The van der Waals surface area contributed by atoms with Crippen molar-refractivity contribution in [3.8, 4) is 16.3 Å². The number of nitrogens with one attached hydrogen (secondary N) is 2. The predicted octanol–water partition coefficient (Wildman–Crippen LogP) is 5.19. The zero-order valence-electron chi connectivity index (χ0n) is 19.6. The SMILES string of the molecule is COc1ccc(-c2nnc(NC(=O)c3ccc(C)c(S(=O)(=O)Nc4cc(C)ccc4C)c3)s2)cc1. The molecule has 35 heavy (non-hydrogen) atoms. The number of carbonyl (C=O) groups is 1. The molecule has 0 aliphatic rings. The van der Waals surface area contributed by atoms with Crippen LogP contribution in [-0.2, 0) is 10.0 Å². The molecule has 3 aromatic carbocycles. The molecular formula is C25H24N4O4S2. The molecule has 10 heteroatoms. The second-order valence-electron chi connectivity index (χ2n) is 8.00. The molecule has 1 amide bonds. The van der Waals surface area contributed by atoms with E-state index in [1.807, 2.05) is 50.2 Å². The van der Waals surface area contributed by atoms with E-state index in [1.165, 1.54) is 17.4 Å². The van der Waals surface area contributed by atoms with Gasteiger partial charge in [0.2, 0.25) is 5.13 Å². The van der Waals surface area contributed by atoms with Crippen LogP contribution in [0.15, 0.2) is 65.6 Å².